The molecule has 0 bridgehead atoms. The van der Waals surface area contributed by atoms with E-state index in [1.54, 1.807) is 19.5 Å². The first-order valence-corrected chi connectivity index (χ1v) is 6.84. The number of aromatic amines is 1. The van der Waals surface area contributed by atoms with Crippen molar-refractivity contribution < 1.29 is 4.74 Å². The Labute approximate surface area is 123 Å². The Bertz CT molecular complexity index is 720. The number of nitrogens with one attached hydrogen (secondary N) is 1. The molecule has 0 aliphatic heterocycles. The van der Waals surface area contributed by atoms with Crippen LogP contribution in [0, 0.1) is 0 Å². The second-order valence-corrected chi connectivity index (χ2v) is 5.09. The number of hydrogen-bond acceptors (Lipinski definition) is 4. The van der Waals surface area contributed by atoms with Crippen LogP contribution in [0.5, 0.6) is 5.75 Å². The van der Waals surface area contributed by atoms with Crippen LogP contribution in [0.4, 0.5) is 0 Å². The molecule has 0 aliphatic rings. The van der Waals surface area contributed by atoms with Gasteiger partial charge in [-0.15, -0.1) is 0 Å². The SMILES string of the molecule is COc1ccc(CN(C)Cc2c[nH]c3nccnc23)cc1. The fourth-order valence-corrected chi connectivity index (χ4v) is 2.41. The monoisotopic (exact) mass is 282 g/mol. The molecule has 0 atom stereocenters. The number of fused-ring (bicyclic) bond motifs is 1. The Morgan fingerprint density at radius 1 is 1.10 bits per heavy atom. The minimum Gasteiger partial charge on any atom is -0.497 e. The summed E-state index contributed by atoms with van der Waals surface area (Å²) in [5.41, 5.74) is 4.20. The van der Waals surface area contributed by atoms with Gasteiger partial charge in [-0.25, -0.2) is 4.98 Å². The lowest BCUT2D eigenvalue weighted by atomic mass is 10.2. The Balaban J connectivity index is 1.69. The number of nitrogens with zero attached hydrogens (tertiary/aromatic N) is 3. The summed E-state index contributed by atoms with van der Waals surface area (Å²) in [5.74, 6) is 0.883. The van der Waals surface area contributed by atoms with Crippen molar-refractivity contribution in [3.05, 3.63) is 54.0 Å². The second kappa shape index (κ2) is 5.93. The number of benzene rings is 1. The van der Waals surface area contributed by atoms with Crippen LogP contribution < -0.4 is 4.74 Å². The zero-order valence-corrected chi connectivity index (χ0v) is 12.2. The summed E-state index contributed by atoms with van der Waals surface area (Å²) in [7, 11) is 3.78. The summed E-state index contributed by atoms with van der Waals surface area (Å²) in [6.07, 6.45) is 5.40. The molecule has 2 aromatic heterocycles. The fraction of sp³-hybridized carbons (Fsp3) is 0.250. The van der Waals surface area contributed by atoms with Gasteiger partial charge >= 0.3 is 0 Å². The molecule has 2 heterocycles. The van der Waals surface area contributed by atoms with Gasteiger partial charge in [0.15, 0.2) is 5.65 Å². The predicted octanol–water partition coefficient (Wildman–Crippen LogP) is 2.60. The standard InChI is InChI=1S/C16H18N4O/c1-20(10-12-3-5-14(21-2)6-4-12)11-13-9-19-16-15(13)17-7-8-18-16/h3-9H,10-11H2,1-2H3,(H,18,19). The molecule has 0 unspecified atom stereocenters. The first-order valence-electron chi connectivity index (χ1n) is 6.84. The van der Waals surface area contributed by atoms with Crippen molar-refractivity contribution in [2.75, 3.05) is 14.2 Å². The highest BCUT2D eigenvalue weighted by Gasteiger charge is 2.08. The largest absolute Gasteiger partial charge is 0.497 e. The number of methoxy groups -OCH3 is 1. The quantitative estimate of drug-likeness (QED) is 0.781. The van der Waals surface area contributed by atoms with Crippen molar-refractivity contribution >= 4 is 11.2 Å². The molecule has 0 saturated carbocycles. The third kappa shape index (κ3) is 3.03. The summed E-state index contributed by atoms with van der Waals surface area (Å²) in [4.78, 5) is 14.1. The average molecular weight is 282 g/mol. The third-order valence-electron chi connectivity index (χ3n) is 3.44. The van der Waals surface area contributed by atoms with E-state index >= 15 is 0 Å². The van der Waals surface area contributed by atoms with E-state index in [-0.39, 0.29) is 0 Å². The minimum atomic E-state index is 0.824. The predicted molar refractivity (Wildman–Crippen MR) is 82.1 cm³/mol. The van der Waals surface area contributed by atoms with Gasteiger partial charge in [-0.05, 0) is 24.7 Å². The smallest absolute Gasteiger partial charge is 0.156 e. The van der Waals surface area contributed by atoms with Gasteiger partial charge in [-0.1, -0.05) is 12.1 Å². The van der Waals surface area contributed by atoms with Crippen molar-refractivity contribution in [3.8, 4) is 5.75 Å². The highest BCUT2D eigenvalue weighted by Crippen LogP contribution is 2.17. The van der Waals surface area contributed by atoms with Gasteiger partial charge in [0.25, 0.3) is 0 Å². The van der Waals surface area contributed by atoms with E-state index < -0.39 is 0 Å². The third-order valence-corrected chi connectivity index (χ3v) is 3.44. The molecular formula is C16H18N4O. The van der Waals surface area contributed by atoms with Gasteiger partial charge in [-0.2, -0.15) is 0 Å². The Morgan fingerprint density at radius 2 is 1.86 bits per heavy atom. The van der Waals surface area contributed by atoms with Gasteiger partial charge in [0.1, 0.15) is 11.3 Å². The Hall–Kier alpha value is -2.40. The minimum absolute atomic E-state index is 0.824. The Kier molecular flexibility index (Phi) is 3.83. The second-order valence-electron chi connectivity index (χ2n) is 5.09. The van der Waals surface area contributed by atoms with E-state index in [0.29, 0.717) is 0 Å². The molecule has 0 saturated heterocycles. The summed E-state index contributed by atoms with van der Waals surface area (Å²) in [6.45, 7) is 1.70. The normalized spacial score (nSPS) is 11.2. The van der Waals surface area contributed by atoms with E-state index in [2.05, 4.69) is 39.0 Å². The number of rotatable bonds is 5. The maximum atomic E-state index is 5.17. The van der Waals surface area contributed by atoms with Crippen LogP contribution >= 0.6 is 0 Å². The van der Waals surface area contributed by atoms with Gasteiger partial charge in [-0.3, -0.25) is 9.88 Å². The van der Waals surface area contributed by atoms with Crippen molar-refractivity contribution in [1.82, 2.24) is 19.9 Å². The van der Waals surface area contributed by atoms with Crippen molar-refractivity contribution in [2.45, 2.75) is 13.1 Å². The van der Waals surface area contributed by atoms with Crippen LogP contribution in [0.2, 0.25) is 0 Å². The topological polar surface area (TPSA) is 54.0 Å². The molecule has 5 nitrogen and oxygen atoms in total. The van der Waals surface area contributed by atoms with Crippen LogP contribution in [-0.2, 0) is 13.1 Å². The summed E-state index contributed by atoms with van der Waals surface area (Å²) in [6, 6.07) is 8.15. The lowest BCUT2D eigenvalue weighted by Gasteiger charge is -2.16. The van der Waals surface area contributed by atoms with Crippen LogP contribution in [0.3, 0.4) is 0 Å². The van der Waals surface area contributed by atoms with Gasteiger partial charge in [0.2, 0.25) is 0 Å². The molecule has 0 aliphatic carbocycles. The van der Waals surface area contributed by atoms with Crippen LogP contribution in [0.1, 0.15) is 11.1 Å². The van der Waals surface area contributed by atoms with Crippen LogP contribution in [0.25, 0.3) is 11.2 Å². The summed E-state index contributed by atoms with van der Waals surface area (Å²) in [5, 5.41) is 0. The zero-order chi connectivity index (χ0) is 14.7. The molecule has 3 rings (SSSR count). The molecule has 0 amide bonds. The average Bonchev–Trinajstić information content (AvgIpc) is 2.91. The van der Waals surface area contributed by atoms with E-state index in [9.17, 15) is 0 Å². The first kappa shape index (κ1) is 13.6. The fourth-order valence-electron chi connectivity index (χ4n) is 2.41. The molecule has 3 aromatic rings. The molecule has 108 valence electrons. The first-order chi connectivity index (χ1) is 10.3. The highest BCUT2D eigenvalue weighted by atomic mass is 16.5. The summed E-state index contributed by atoms with van der Waals surface area (Å²) >= 11 is 0. The van der Waals surface area contributed by atoms with E-state index in [1.807, 2.05) is 18.3 Å². The number of aromatic nitrogens is 3. The molecule has 21 heavy (non-hydrogen) atoms. The van der Waals surface area contributed by atoms with Crippen molar-refractivity contribution in [1.29, 1.82) is 0 Å². The number of hydrogen-bond donors (Lipinski definition) is 1. The molecular weight excluding hydrogens is 264 g/mol. The van der Waals surface area contributed by atoms with Crippen LogP contribution in [-0.4, -0.2) is 34.0 Å². The van der Waals surface area contributed by atoms with Crippen LogP contribution in [0.15, 0.2) is 42.9 Å². The molecule has 1 N–H and O–H groups in total. The lowest BCUT2D eigenvalue weighted by molar-refractivity contribution is 0.320. The maximum absolute atomic E-state index is 5.17. The maximum Gasteiger partial charge on any atom is 0.156 e. The van der Waals surface area contributed by atoms with E-state index in [1.165, 1.54) is 5.56 Å². The lowest BCUT2D eigenvalue weighted by Crippen LogP contribution is -2.17. The molecule has 0 radical (unpaired) electrons. The van der Waals surface area contributed by atoms with Gasteiger partial charge in [0.05, 0.1) is 7.11 Å². The molecule has 1 aromatic carbocycles. The number of H-pyrrole nitrogens is 1. The van der Waals surface area contributed by atoms with Gasteiger partial charge < -0.3 is 9.72 Å². The van der Waals surface area contributed by atoms with Gasteiger partial charge in [0, 0.05) is 37.2 Å². The number of ether oxygens (including phenoxy) is 1. The molecule has 0 fully saturated rings. The van der Waals surface area contributed by atoms with Crippen molar-refractivity contribution in [3.63, 3.8) is 0 Å². The van der Waals surface area contributed by atoms with E-state index in [0.717, 1.165) is 35.6 Å². The zero-order valence-electron chi connectivity index (χ0n) is 12.2. The van der Waals surface area contributed by atoms with Crippen molar-refractivity contribution in [2.24, 2.45) is 0 Å². The Morgan fingerprint density at radius 3 is 2.62 bits per heavy atom. The highest BCUT2D eigenvalue weighted by molar-refractivity contribution is 5.74. The van der Waals surface area contributed by atoms with E-state index in [4.69, 9.17) is 4.74 Å². The molecule has 0 spiro atoms. The summed E-state index contributed by atoms with van der Waals surface area (Å²) < 4.78 is 5.17. The molecule has 5 heteroatoms.